The van der Waals surface area contributed by atoms with Gasteiger partial charge in [0, 0.05) is 12.1 Å². The average Bonchev–Trinajstić information content (AvgIpc) is 2.84. The SMILES string of the molecule is COc1cc(/C=C2/SC(=Nc3cccc(Cl)c3)N(C)C2=O)ccc1O. The number of carbonyl (C=O) groups is 1. The van der Waals surface area contributed by atoms with Gasteiger partial charge in [0.05, 0.1) is 17.7 Å². The lowest BCUT2D eigenvalue weighted by Gasteiger charge is -2.07. The number of aromatic hydroxyl groups is 1. The van der Waals surface area contributed by atoms with E-state index in [2.05, 4.69) is 4.99 Å². The third-order valence-corrected chi connectivity index (χ3v) is 4.83. The number of thioether (sulfide) groups is 1. The van der Waals surface area contributed by atoms with Crippen molar-refractivity contribution in [2.45, 2.75) is 0 Å². The lowest BCUT2D eigenvalue weighted by Crippen LogP contribution is -2.23. The molecule has 0 aromatic heterocycles. The highest BCUT2D eigenvalue weighted by Gasteiger charge is 2.30. The van der Waals surface area contributed by atoms with Crippen molar-refractivity contribution in [3.63, 3.8) is 0 Å². The van der Waals surface area contributed by atoms with E-state index >= 15 is 0 Å². The maximum Gasteiger partial charge on any atom is 0.266 e. The van der Waals surface area contributed by atoms with Crippen LogP contribution in [0.4, 0.5) is 5.69 Å². The highest BCUT2D eigenvalue weighted by molar-refractivity contribution is 8.18. The molecule has 1 heterocycles. The van der Waals surface area contributed by atoms with Gasteiger partial charge in [-0.3, -0.25) is 9.69 Å². The standard InChI is InChI=1S/C18H15ClN2O3S/c1-21-17(23)16(9-11-6-7-14(22)15(8-11)24-2)25-18(21)20-13-5-3-4-12(19)10-13/h3-10,22H,1-2H3/b16-9+,20-18?. The van der Waals surface area contributed by atoms with E-state index in [9.17, 15) is 9.90 Å². The van der Waals surface area contributed by atoms with Gasteiger partial charge in [-0.05, 0) is 53.7 Å². The Morgan fingerprint density at radius 1 is 1.28 bits per heavy atom. The van der Waals surface area contributed by atoms with Crippen LogP contribution in [0, 0.1) is 0 Å². The molecule has 0 bridgehead atoms. The summed E-state index contributed by atoms with van der Waals surface area (Å²) in [6, 6.07) is 12.0. The van der Waals surface area contributed by atoms with Crippen molar-refractivity contribution in [1.29, 1.82) is 0 Å². The highest BCUT2D eigenvalue weighted by Crippen LogP contribution is 2.35. The summed E-state index contributed by atoms with van der Waals surface area (Å²) in [7, 11) is 3.15. The zero-order valence-corrected chi connectivity index (χ0v) is 15.1. The molecule has 0 atom stereocenters. The quantitative estimate of drug-likeness (QED) is 0.814. The number of rotatable bonds is 3. The minimum absolute atomic E-state index is 0.0513. The summed E-state index contributed by atoms with van der Waals surface area (Å²) in [5, 5.41) is 10.8. The van der Waals surface area contributed by atoms with E-state index < -0.39 is 0 Å². The Labute approximate surface area is 154 Å². The molecule has 0 radical (unpaired) electrons. The van der Waals surface area contributed by atoms with E-state index in [0.29, 0.717) is 26.5 Å². The molecule has 0 unspecified atom stereocenters. The third-order valence-electron chi connectivity index (χ3n) is 3.54. The van der Waals surface area contributed by atoms with Crippen LogP contribution in [0.5, 0.6) is 11.5 Å². The number of aliphatic imine (C=N–C) groups is 1. The number of phenols is 1. The molecule has 0 saturated carbocycles. The Bertz CT molecular complexity index is 896. The van der Waals surface area contributed by atoms with Crippen molar-refractivity contribution in [2.75, 3.05) is 14.2 Å². The first-order valence-corrected chi connectivity index (χ1v) is 8.56. The number of hydrogen-bond acceptors (Lipinski definition) is 5. The lowest BCUT2D eigenvalue weighted by molar-refractivity contribution is -0.121. The van der Waals surface area contributed by atoms with E-state index in [1.807, 2.05) is 12.1 Å². The zero-order chi connectivity index (χ0) is 18.0. The molecule has 1 N–H and O–H groups in total. The van der Waals surface area contributed by atoms with E-state index in [1.165, 1.54) is 29.8 Å². The van der Waals surface area contributed by atoms with Gasteiger partial charge < -0.3 is 9.84 Å². The number of amides is 1. The van der Waals surface area contributed by atoms with E-state index in [4.69, 9.17) is 16.3 Å². The first kappa shape index (κ1) is 17.4. The minimum atomic E-state index is -0.141. The largest absolute Gasteiger partial charge is 0.504 e. The Balaban J connectivity index is 1.91. The fourth-order valence-electron chi connectivity index (χ4n) is 2.24. The van der Waals surface area contributed by atoms with Crippen molar-refractivity contribution in [1.82, 2.24) is 4.90 Å². The minimum Gasteiger partial charge on any atom is -0.504 e. The number of amidine groups is 1. The normalized spacial score (nSPS) is 17.6. The first-order valence-electron chi connectivity index (χ1n) is 7.37. The summed E-state index contributed by atoms with van der Waals surface area (Å²) < 4.78 is 5.09. The van der Waals surface area contributed by atoms with E-state index in [1.54, 1.807) is 37.4 Å². The summed E-state index contributed by atoms with van der Waals surface area (Å²) in [4.78, 5) is 19.0. The molecule has 2 aromatic rings. The number of methoxy groups -OCH3 is 1. The fraction of sp³-hybridized carbons (Fsp3) is 0.111. The second-order valence-corrected chi connectivity index (χ2v) is 6.73. The van der Waals surface area contributed by atoms with Crippen LogP contribution in [0.3, 0.4) is 0 Å². The molecule has 1 fully saturated rings. The third kappa shape index (κ3) is 3.81. The van der Waals surface area contributed by atoms with Crippen molar-refractivity contribution < 1.29 is 14.6 Å². The summed E-state index contributed by atoms with van der Waals surface area (Å²) in [5.74, 6) is 0.263. The molecule has 1 aliphatic rings. The van der Waals surface area contributed by atoms with Crippen LogP contribution in [0.25, 0.3) is 6.08 Å². The van der Waals surface area contributed by atoms with Gasteiger partial charge in [0.1, 0.15) is 0 Å². The molecule has 1 amide bonds. The van der Waals surface area contributed by atoms with Crippen LogP contribution in [0.2, 0.25) is 5.02 Å². The van der Waals surface area contributed by atoms with Crippen LogP contribution >= 0.6 is 23.4 Å². The number of carbonyl (C=O) groups excluding carboxylic acids is 1. The van der Waals surface area contributed by atoms with Gasteiger partial charge in [-0.15, -0.1) is 0 Å². The van der Waals surface area contributed by atoms with Crippen LogP contribution in [0.1, 0.15) is 5.56 Å². The Morgan fingerprint density at radius 2 is 2.08 bits per heavy atom. The van der Waals surface area contributed by atoms with Gasteiger partial charge >= 0.3 is 0 Å². The molecule has 0 aliphatic carbocycles. The molecule has 0 spiro atoms. The predicted molar refractivity (Wildman–Crippen MR) is 102 cm³/mol. The van der Waals surface area contributed by atoms with Crippen LogP contribution in [0.15, 0.2) is 52.4 Å². The number of ether oxygens (including phenoxy) is 1. The van der Waals surface area contributed by atoms with Crippen molar-refractivity contribution >= 4 is 46.2 Å². The highest BCUT2D eigenvalue weighted by atomic mass is 35.5. The van der Waals surface area contributed by atoms with Crippen LogP contribution in [-0.4, -0.2) is 35.2 Å². The van der Waals surface area contributed by atoms with Crippen LogP contribution in [-0.2, 0) is 4.79 Å². The molecule has 128 valence electrons. The summed E-state index contributed by atoms with van der Waals surface area (Å²) >= 11 is 7.25. The molecule has 1 saturated heterocycles. The van der Waals surface area contributed by atoms with Crippen molar-refractivity contribution in [2.24, 2.45) is 4.99 Å². The van der Waals surface area contributed by atoms with Gasteiger partial charge in [0.15, 0.2) is 16.7 Å². The van der Waals surface area contributed by atoms with Gasteiger partial charge in [-0.25, -0.2) is 4.99 Å². The maximum absolute atomic E-state index is 12.4. The monoisotopic (exact) mass is 374 g/mol. The van der Waals surface area contributed by atoms with E-state index in [0.717, 1.165) is 5.56 Å². The van der Waals surface area contributed by atoms with Crippen molar-refractivity contribution in [3.8, 4) is 11.5 Å². The zero-order valence-electron chi connectivity index (χ0n) is 13.6. The number of phenolic OH excluding ortho intramolecular Hbond substituents is 1. The van der Waals surface area contributed by atoms with Gasteiger partial charge in [0.25, 0.3) is 5.91 Å². The Kier molecular flexibility index (Phi) is 5.01. The van der Waals surface area contributed by atoms with Crippen molar-refractivity contribution in [3.05, 3.63) is 58.0 Å². The molecule has 1 aliphatic heterocycles. The van der Waals surface area contributed by atoms with Gasteiger partial charge in [-0.1, -0.05) is 23.7 Å². The number of hydrogen-bond donors (Lipinski definition) is 1. The molecular weight excluding hydrogens is 360 g/mol. The summed E-state index contributed by atoms with van der Waals surface area (Å²) in [5.41, 5.74) is 1.44. The fourth-order valence-corrected chi connectivity index (χ4v) is 3.41. The average molecular weight is 375 g/mol. The topological polar surface area (TPSA) is 62.1 Å². The molecule has 3 rings (SSSR count). The second kappa shape index (κ2) is 7.21. The van der Waals surface area contributed by atoms with Crippen LogP contribution < -0.4 is 4.74 Å². The number of nitrogens with zero attached hydrogens (tertiary/aromatic N) is 2. The Hall–Kier alpha value is -2.44. The molecule has 2 aromatic carbocycles. The number of benzene rings is 2. The molecule has 7 heteroatoms. The molecular formula is C18H15ClN2O3S. The first-order chi connectivity index (χ1) is 12.0. The molecule has 5 nitrogen and oxygen atoms in total. The summed E-state index contributed by atoms with van der Waals surface area (Å²) in [6.45, 7) is 0. The number of likely N-dealkylation sites (N-methyl/N-ethyl adjacent to an activating group) is 1. The lowest BCUT2D eigenvalue weighted by atomic mass is 10.2. The van der Waals surface area contributed by atoms with Gasteiger partial charge in [-0.2, -0.15) is 0 Å². The second-order valence-electron chi connectivity index (χ2n) is 5.28. The van der Waals surface area contributed by atoms with Gasteiger partial charge in [0.2, 0.25) is 0 Å². The maximum atomic E-state index is 12.4. The Morgan fingerprint density at radius 3 is 2.80 bits per heavy atom. The van der Waals surface area contributed by atoms with E-state index in [-0.39, 0.29) is 11.7 Å². The summed E-state index contributed by atoms with van der Waals surface area (Å²) in [6.07, 6.45) is 1.74. The molecule has 25 heavy (non-hydrogen) atoms. The predicted octanol–water partition coefficient (Wildman–Crippen LogP) is 4.29. The smallest absolute Gasteiger partial charge is 0.266 e. The number of halogens is 1.